The van der Waals surface area contributed by atoms with Crippen LogP contribution < -0.4 is 10.6 Å². The summed E-state index contributed by atoms with van der Waals surface area (Å²) in [5.74, 6) is 1.22. The van der Waals surface area contributed by atoms with Crippen molar-refractivity contribution >= 4 is 5.96 Å². The monoisotopic (exact) mass is 401 g/mol. The number of nitrogens with one attached hydrogen (secondary N) is 2. The molecule has 2 heterocycles. The van der Waals surface area contributed by atoms with E-state index in [1.165, 1.54) is 0 Å². The summed E-state index contributed by atoms with van der Waals surface area (Å²) in [6.45, 7) is 9.07. The molecule has 158 valence electrons. The molecule has 0 bridgehead atoms. The van der Waals surface area contributed by atoms with Gasteiger partial charge >= 0.3 is 0 Å². The molecule has 1 aliphatic heterocycles. The largest absolute Gasteiger partial charge is 0.444 e. The molecule has 1 aromatic heterocycles. The lowest BCUT2D eigenvalue weighted by molar-refractivity contribution is -0.0201. The first-order valence-electron chi connectivity index (χ1n) is 10.1. The Bertz CT molecular complexity index is 770. The number of rotatable bonds is 8. The van der Waals surface area contributed by atoms with Gasteiger partial charge in [-0.2, -0.15) is 0 Å². The quantitative estimate of drug-likeness (QED) is 0.455. The Morgan fingerprint density at radius 2 is 2.00 bits per heavy atom. The van der Waals surface area contributed by atoms with E-state index in [9.17, 15) is 5.11 Å². The van der Waals surface area contributed by atoms with Crippen LogP contribution in [0.2, 0.25) is 0 Å². The van der Waals surface area contributed by atoms with Crippen LogP contribution in [0.1, 0.15) is 19.5 Å². The van der Waals surface area contributed by atoms with E-state index < -0.39 is 5.60 Å². The van der Waals surface area contributed by atoms with Gasteiger partial charge in [-0.1, -0.05) is 18.2 Å². The Morgan fingerprint density at radius 3 is 2.72 bits per heavy atom. The summed E-state index contributed by atoms with van der Waals surface area (Å²) in [4.78, 5) is 11.3. The number of β-amino-alcohol motifs (C(OH)–C–C–N with tert-alkyl or cyclic N) is 1. The van der Waals surface area contributed by atoms with Crippen LogP contribution in [0.25, 0.3) is 11.5 Å². The van der Waals surface area contributed by atoms with Crippen LogP contribution in [-0.2, 0) is 11.3 Å². The second-order valence-electron chi connectivity index (χ2n) is 7.44. The van der Waals surface area contributed by atoms with Gasteiger partial charge in [0, 0.05) is 38.3 Å². The molecule has 0 aliphatic carbocycles. The summed E-state index contributed by atoms with van der Waals surface area (Å²) < 4.78 is 10.9. The Hall–Kier alpha value is -2.42. The summed E-state index contributed by atoms with van der Waals surface area (Å²) >= 11 is 0. The Kier molecular flexibility index (Phi) is 7.62. The van der Waals surface area contributed by atoms with Crippen molar-refractivity contribution in [3.8, 4) is 11.5 Å². The van der Waals surface area contributed by atoms with Crippen molar-refractivity contribution in [1.82, 2.24) is 20.5 Å². The lowest BCUT2D eigenvalue weighted by atomic mass is 10.1. The zero-order valence-electron chi connectivity index (χ0n) is 17.2. The molecule has 0 amide bonds. The van der Waals surface area contributed by atoms with Crippen LogP contribution in [-0.4, -0.2) is 72.5 Å². The topological polar surface area (TPSA) is 95.2 Å². The number of ether oxygens (including phenoxy) is 1. The average molecular weight is 402 g/mol. The highest BCUT2D eigenvalue weighted by molar-refractivity contribution is 5.79. The van der Waals surface area contributed by atoms with Gasteiger partial charge in [-0.05, 0) is 26.0 Å². The van der Waals surface area contributed by atoms with Crippen molar-refractivity contribution in [3.05, 3.63) is 42.3 Å². The van der Waals surface area contributed by atoms with Gasteiger partial charge in [0.2, 0.25) is 5.89 Å². The van der Waals surface area contributed by atoms with E-state index >= 15 is 0 Å². The molecule has 1 atom stereocenters. The van der Waals surface area contributed by atoms with Gasteiger partial charge in [-0.15, -0.1) is 0 Å². The first-order chi connectivity index (χ1) is 14.1. The normalized spacial score (nSPS) is 17.7. The highest BCUT2D eigenvalue weighted by Gasteiger charge is 2.25. The molecule has 1 aromatic carbocycles. The zero-order chi connectivity index (χ0) is 20.5. The van der Waals surface area contributed by atoms with Gasteiger partial charge in [-0.3, -0.25) is 4.90 Å². The summed E-state index contributed by atoms with van der Waals surface area (Å²) in [5.41, 5.74) is 0.815. The molecule has 1 aliphatic rings. The summed E-state index contributed by atoms with van der Waals surface area (Å²) in [5, 5.41) is 17.2. The van der Waals surface area contributed by atoms with Crippen molar-refractivity contribution in [2.24, 2.45) is 4.99 Å². The fraction of sp³-hybridized carbons (Fsp3) is 0.524. The van der Waals surface area contributed by atoms with Crippen molar-refractivity contribution in [1.29, 1.82) is 0 Å². The van der Waals surface area contributed by atoms with Crippen LogP contribution in [0, 0.1) is 0 Å². The van der Waals surface area contributed by atoms with Crippen LogP contribution >= 0.6 is 0 Å². The minimum atomic E-state index is -0.873. The van der Waals surface area contributed by atoms with Crippen LogP contribution in [0.4, 0.5) is 0 Å². The predicted octanol–water partition coefficient (Wildman–Crippen LogP) is 1.48. The molecule has 1 unspecified atom stereocenters. The van der Waals surface area contributed by atoms with E-state index in [0.29, 0.717) is 31.5 Å². The minimum absolute atomic E-state index is 0.386. The minimum Gasteiger partial charge on any atom is -0.444 e. The number of aliphatic imine (C=N–C) groups is 1. The molecule has 1 fully saturated rings. The first-order valence-corrected chi connectivity index (χ1v) is 10.1. The van der Waals surface area contributed by atoms with Gasteiger partial charge < -0.3 is 24.9 Å². The van der Waals surface area contributed by atoms with Crippen molar-refractivity contribution in [2.45, 2.75) is 26.0 Å². The van der Waals surface area contributed by atoms with E-state index in [0.717, 1.165) is 44.1 Å². The summed E-state index contributed by atoms with van der Waals surface area (Å²) in [6, 6.07) is 9.78. The van der Waals surface area contributed by atoms with E-state index in [1.807, 2.05) is 44.2 Å². The molecule has 8 heteroatoms. The lowest BCUT2D eigenvalue weighted by Crippen LogP contribution is -2.52. The van der Waals surface area contributed by atoms with Crippen LogP contribution in [0.5, 0.6) is 0 Å². The molecule has 2 aromatic rings. The lowest BCUT2D eigenvalue weighted by Gasteiger charge is -2.34. The molecule has 3 rings (SSSR count). The molecule has 0 saturated carbocycles. The standard InChI is InChI=1S/C21H31N5O3/c1-3-22-20(24-15-21(2,27)16-26-9-11-28-12-10-26)23-13-18-14-29-19(25-18)17-7-5-4-6-8-17/h4-8,14,27H,3,9-13,15-16H2,1-2H3,(H2,22,23,24). The van der Waals surface area contributed by atoms with E-state index in [2.05, 4.69) is 25.5 Å². The number of aromatic nitrogens is 1. The Morgan fingerprint density at radius 1 is 1.24 bits per heavy atom. The number of oxazole rings is 1. The third kappa shape index (κ3) is 6.85. The average Bonchev–Trinajstić information content (AvgIpc) is 3.20. The SMILES string of the molecule is CCNC(=NCc1coc(-c2ccccc2)n1)NCC(C)(O)CN1CCOCC1. The predicted molar refractivity (Wildman–Crippen MR) is 113 cm³/mol. The number of hydrogen-bond donors (Lipinski definition) is 3. The molecular formula is C21H31N5O3. The van der Waals surface area contributed by atoms with Gasteiger partial charge in [0.1, 0.15) is 12.0 Å². The number of hydrogen-bond acceptors (Lipinski definition) is 6. The highest BCUT2D eigenvalue weighted by Crippen LogP contribution is 2.18. The van der Waals surface area contributed by atoms with E-state index in [-0.39, 0.29) is 0 Å². The Labute approximate surface area is 172 Å². The fourth-order valence-electron chi connectivity index (χ4n) is 3.17. The fourth-order valence-corrected chi connectivity index (χ4v) is 3.17. The second kappa shape index (κ2) is 10.4. The number of guanidine groups is 1. The van der Waals surface area contributed by atoms with E-state index in [4.69, 9.17) is 9.15 Å². The van der Waals surface area contributed by atoms with Crippen molar-refractivity contribution in [3.63, 3.8) is 0 Å². The van der Waals surface area contributed by atoms with Crippen molar-refractivity contribution in [2.75, 3.05) is 45.9 Å². The summed E-state index contributed by atoms with van der Waals surface area (Å²) in [6.07, 6.45) is 1.63. The molecule has 8 nitrogen and oxygen atoms in total. The van der Waals surface area contributed by atoms with Gasteiger partial charge in [0.25, 0.3) is 0 Å². The molecule has 29 heavy (non-hydrogen) atoms. The molecule has 3 N–H and O–H groups in total. The second-order valence-corrected chi connectivity index (χ2v) is 7.44. The maximum Gasteiger partial charge on any atom is 0.226 e. The van der Waals surface area contributed by atoms with Gasteiger partial charge in [0.15, 0.2) is 5.96 Å². The first kappa shape index (κ1) is 21.3. The highest BCUT2D eigenvalue weighted by atomic mass is 16.5. The summed E-state index contributed by atoms with van der Waals surface area (Å²) in [7, 11) is 0. The van der Waals surface area contributed by atoms with Gasteiger partial charge in [-0.25, -0.2) is 9.98 Å². The molecular weight excluding hydrogens is 370 g/mol. The van der Waals surface area contributed by atoms with Crippen LogP contribution in [0.15, 0.2) is 46.0 Å². The third-order valence-electron chi connectivity index (χ3n) is 4.62. The number of morpholine rings is 1. The molecule has 0 spiro atoms. The molecule has 1 saturated heterocycles. The zero-order valence-corrected chi connectivity index (χ0v) is 17.2. The maximum atomic E-state index is 10.7. The van der Waals surface area contributed by atoms with Crippen molar-refractivity contribution < 1.29 is 14.3 Å². The van der Waals surface area contributed by atoms with E-state index in [1.54, 1.807) is 6.26 Å². The molecule has 0 radical (unpaired) electrons. The van der Waals surface area contributed by atoms with Gasteiger partial charge in [0.05, 0.1) is 25.4 Å². The van der Waals surface area contributed by atoms with Crippen LogP contribution in [0.3, 0.4) is 0 Å². The maximum absolute atomic E-state index is 10.7. The third-order valence-corrected chi connectivity index (χ3v) is 4.62. The number of aliphatic hydroxyl groups is 1. The number of benzene rings is 1. The smallest absolute Gasteiger partial charge is 0.226 e. The number of nitrogens with zero attached hydrogens (tertiary/aromatic N) is 3. The Balaban J connectivity index is 1.54.